The van der Waals surface area contributed by atoms with Crippen molar-refractivity contribution in [2.45, 2.75) is 6.92 Å². The number of benzene rings is 2. The summed E-state index contributed by atoms with van der Waals surface area (Å²) in [7, 11) is 2.10. The van der Waals surface area contributed by atoms with Gasteiger partial charge in [0.1, 0.15) is 0 Å². The Kier molecular flexibility index (Phi) is 2.25. The van der Waals surface area contributed by atoms with Gasteiger partial charge in [0.25, 0.3) is 0 Å². The molecule has 0 atom stereocenters. The molecule has 0 unspecified atom stereocenters. The van der Waals surface area contributed by atoms with E-state index in [1.54, 1.807) is 0 Å². The summed E-state index contributed by atoms with van der Waals surface area (Å²) in [6, 6.07) is 17.2. The summed E-state index contributed by atoms with van der Waals surface area (Å²) >= 11 is 0. The Bertz CT molecular complexity index is 663. The molecule has 84 valence electrons. The first-order chi connectivity index (χ1) is 8.25. The minimum atomic E-state index is 1.28. The lowest BCUT2D eigenvalue weighted by Gasteiger charge is -2.08. The van der Waals surface area contributed by atoms with Gasteiger partial charge in [-0.25, -0.2) is 0 Å². The van der Waals surface area contributed by atoms with Gasteiger partial charge in [0, 0.05) is 24.2 Å². The molecule has 0 spiro atoms. The van der Waals surface area contributed by atoms with Gasteiger partial charge in [0.15, 0.2) is 0 Å². The number of fused-ring (bicyclic) bond motifs is 1. The van der Waals surface area contributed by atoms with E-state index in [-0.39, 0.29) is 0 Å². The van der Waals surface area contributed by atoms with Crippen molar-refractivity contribution in [2.24, 2.45) is 7.05 Å². The van der Waals surface area contributed by atoms with Crippen molar-refractivity contribution in [3.63, 3.8) is 0 Å². The molecule has 0 saturated heterocycles. The van der Waals surface area contributed by atoms with Gasteiger partial charge in [-0.05, 0) is 36.2 Å². The van der Waals surface area contributed by atoms with Crippen LogP contribution in [-0.4, -0.2) is 4.57 Å². The third-order valence-corrected chi connectivity index (χ3v) is 3.20. The molecule has 0 bridgehead atoms. The largest absolute Gasteiger partial charge is 0.350 e. The van der Waals surface area contributed by atoms with Gasteiger partial charge in [-0.1, -0.05) is 30.3 Å². The van der Waals surface area contributed by atoms with Gasteiger partial charge in [-0.3, -0.25) is 0 Å². The molecule has 1 aromatic heterocycles. The van der Waals surface area contributed by atoms with Crippen LogP contribution in [-0.2, 0) is 7.05 Å². The molecular weight excluding hydrogens is 206 g/mol. The fraction of sp³-hybridized carbons (Fsp3) is 0.125. The smallest absolute Gasteiger partial charge is 0.0557 e. The first-order valence-corrected chi connectivity index (χ1v) is 5.87. The highest BCUT2D eigenvalue weighted by molar-refractivity contribution is 5.95. The Hall–Kier alpha value is -2.02. The van der Waals surface area contributed by atoms with Gasteiger partial charge in [-0.15, -0.1) is 0 Å². The summed E-state index contributed by atoms with van der Waals surface area (Å²) in [5.74, 6) is 0. The van der Waals surface area contributed by atoms with Crippen molar-refractivity contribution in [3.8, 4) is 11.1 Å². The lowest BCUT2D eigenvalue weighted by Crippen LogP contribution is -1.89. The fourth-order valence-electron chi connectivity index (χ4n) is 2.43. The second-order valence-corrected chi connectivity index (χ2v) is 4.54. The molecule has 0 aliphatic heterocycles. The molecule has 1 nitrogen and oxygen atoms in total. The molecule has 1 heteroatoms. The van der Waals surface area contributed by atoms with Crippen LogP contribution >= 0.6 is 0 Å². The topological polar surface area (TPSA) is 4.93 Å². The molecule has 0 radical (unpaired) electrons. The lowest BCUT2D eigenvalue weighted by molar-refractivity contribution is 0.970. The van der Waals surface area contributed by atoms with E-state index in [9.17, 15) is 0 Å². The maximum absolute atomic E-state index is 2.26. The minimum absolute atomic E-state index is 1.28. The second kappa shape index (κ2) is 3.77. The van der Waals surface area contributed by atoms with Crippen molar-refractivity contribution in [1.29, 1.82) is 0 Å². The second-order valence-electron chi connectivity index (χ2n) is 4.54. The number of hydrogen-bond donors (Lipinski definition) is 0. The number of aromatic nitrogens is 1. The summed E-state index contributed by atoms with van der Waals surface area (Å²) in [6.45, 7) is 2.15. The van der Waals surface area contributed by atoms with Crippen LogP contribution in [0, 0.1) is 6.92 Å². The molecule has 0 aliphatic carbocycles. The van der Waals surface area contributed by atoms with Crippen molar-refractivity contribution >= 4 is 10.9 Å². The molecule has 0 aliphatic rings. The summed E-state index contributed by atoms with van der Waals surface area (Å²) in [4.78, 5) is 0. The number of nitrogens with zero attached hydrogens (tertiary/aromatic N) is 1. The van der Waals surface area contributed by atoms with Gasteiger partial charge < -0.3 is 4.57 Å². The first kappa shape index (κ1) is 10.2. The van der Waals surface area contributed by atoms with Crippen molar-refractivity contribution in [1.82, 2.24) is 4.57 Å². The van der Waals surface area contributed by atoms with Crippen LogP contribution in [0.4, 0.5) is 0 Å². The van der Waals surface area contributed by atoms with E-state index < -0.39 is 0 Å². The minimum Gasteiger partial charge on any atom is -0.350 e. The predicted octanol–water partition coefficient (Wildman–Crippen LogP) is 4.15. The van der Waals surface area contributed by atoms with Crippen LogP contribution in [0.5, 0.6) is 0 Å². The molecule has 0 fully saturated rings. The van der Waals surface area contributed by atoms with Crippen LogP contribution in [0.1, 0.15) is 5.56 Å². The Labute approximate surface area is 101 Å². The third-order valence-electron chi connectivity index (χ3n) is 3.20. The molecule has 1 heterocycles. The number of rotatable bonds is 1. The average Bonchev–Trinajstić information content (AvgIpc) is 2.71. The number of aryl methyl sites for hydroxylation is 2. The number of hydrogen-bond acceptors (Lipinski definition) is 0. The van der Waals surface area contributed by atoms with Crippen molar-refractivity contribution < 1.29 is 0 Å². The van der Waals surface area contributed by atoms with E-state index in [0.29, 0.717) is 0 Å². The van der Waals surface area contributed by atoms with Crippen LogP contribution in [0.15, 0.2) is 54.7 Å². The third kappa shape index (κ3) is 1.64. The maximum atomic E-state index is 2.26. The molecule has 3 rings (SSSR count). The highest BCUT2D eigenvalue weighted by atomic mass is 14.9. The molecular formula is C16H15N. The summed E-state index contributed by atoms with van der Waals surface area (Å²) in [5.41, 5.74) is 5.21. The summed E-state index contributed by atoms with van der Waals surface area (Å²) in [5, 5.41) is 1.31. The van der Waals surface area contributed by atoms with Crippen LogP contribution in [0.3, 0.4) is 0 Å². The molecule has 2 aromatic carbocycles. The standard InChI is InChI=1S/C16H15N/c1-12-10-14-8-9-17(2)16(14)15(11-12)13-6-4-3-5-7-13/h3-11H,1-2H3. The van der Waals surface area contributed by atoms with Gasteiger partial charge in [-0.2, -0.15) is 0 Å². The zero-order valence-corrected chi connectivity index (χ0v) is 10.1. The first-order valence-electron chi connectivity index (χ1n) is 5.87. The highest BCUT2D eigenvalue weighted by Crippen LogP contribution is 2.30. The SMILES string of the molecule is Cc1cc(-c2ccccc2)c2c(ccn2C)c1. The molecule has 0 saturated carbocycles. The van der Waals surface area contributed by atoms with Crippen LogP contribution in [0.2, 0.25) is 0 Å². The average molecular weight is 221 g/mol. The summed E-state index contributed by atoms with van der Waals surface area (Å²) in [6.07, 6.45) is 2.12. The molecule has 3 aromatic rings. The maximum Gasteiger partial charge on any atom is 0.0557 e. The van der Waals surface area contributed by atoms with Gasteiger partial charge in [0.2, 0.25) is 0 Å². The lowest BCUT2D eigenvalue weighted by atomic mass is 10.0. The molecule has 17 heavy (non-hydrogen) atoms. The molecule has 0 amide bonds. The van der Waals surface area contributed by atoms with E-state index in [1.807, 2.05) is 0 Å². The fourth-order valence-corrected chi connectivity index (χ4v) is 2.43. The van der Waals surface area contributed by atoms with E-state index in [0.717, 1.165) is 0 Å². The van der Waals surface area contributed by atoms with Crippen molar-refractivity contribution in [3.05, 3.63) is 60.3 Å². The Morgan fingerprint density at radius 3 is 2.47 bits per heavy atom. The Morgan fingerprint density at radius 2 is 1.71 bits per heavy atom. The zero-order valence-electron chi connectivity index (χ0n) is 10.1. The zero-order chi connectivity index (χ0) is 11.8. The van der Waals surface area contributed by atoms with Gasteiger partial charge in [0.05, 0.1) is 5.52 Å². The van der Waals surface area contributed by atoms with E-state index in [2.05, 4.69) is 73.3 Å². The van der Waals surface area contributed by atoms with Gasteiger partial charge >= 0.3 is 0 Å². The Morgan fingerprint density at radius 1 is 0.941 bits per heavy atom. The highest BCUT2D eigenvalue weighted by Gasteiger charge is 2.07. The molecule has 0 N–H and O–H groups in total. The van der Waals surface area contributed by atoms with Crippen LogP contribution < -0.4 is 0 Å². The monoisotopic (exact) mass is 221 g/mol. The van der Waals surface area contributed by atoms with E-state index in [4.69, 9.17) is 0 Å². The van der Waals surface area contributed by atoms with E-state index in [1.165, 1.54) is 27.6 Å². The quantitative estimate of drug-likeness (QED) is 0.581. The Balaban J connectivity index is 2.39. The normalized spacial score (nSPS) is 10.9. The van der Waals surface area contributed by atoms with Crippen LogP contribution in [0.25, 0.3) is 22.0 Å². The van der Waals surface area contributed by atoms with E-state index >= 15 is 0 Å². The predicted molar refractivity (Wildman–Crippen MR) is 73.1 cm³/mol. The summed E-state index contributed by atoms with van der Waals surface area (Å²) < 4.78 is 2.19. The van der Waals surface area contributed by atoms with Crippen molar-refractivity contribution in [2.75, 3.05) is 0 Å².